The zero-order chi connectivity index (χ0) is 13.8. The molecule has 0 aromatic heterocycles. The highest BCUT2D eigenvalue weighted by atomic mass is 79.9. The van der Waals surface area contributed by atoms with Crippen molar-refractivity contribution in [2.45, 2.75) is 17.8 Å². The molecular formula is C11H10BrF3O2S. The monoisotopic (exact) mass is 342 g/mol. The SMILES string of the molecule is O=C(O)C(CCSC(F)(F)F)c1ccccc1Br. The van der Waals surface area contributed by atoms with Gasteiger partial charge >= 0.3 is 11.5 Å². The number of hydrogen-bond acceptors (Lipinski definition) is 2. The van der Waals surface area contributed by atoms with E-state index in [0.717, 1.165) is 0 Å². The Morgan fingerprint density at radius 2 is 2.00 bits per heavy atom. The lowest BCUT2D eigenvalue weighted by molar-refractivity contribution is -0.138. The Bertz CT molecular complexity index is 423. The molecule has 0 radical (unpaired) electrons. The third kappa shape index (κ3) is 4.89. The number of benzene rings is 1. The molecule has 0 aliphatic heterocycles. The molecule has 0 amide bonds. The minimum atomic E-state index is -4.32. The van der Waals surface area contributed by atoms with E-state index in [4.69, 9.17) is 5.11 Å². The van der Waals surface area contributed by atoms with Crippen LogP contribution in [-0.4, -0.2) is 22.3 Å². The Morgan fingerprint density at radius 1 is 1.39 bits per heavy atom. The van der Waals surface area contributed by atoms with Crippen LogP contribution in [0.3, 0.4) is 0 Å². The van der Waals surface area contributed by atoms with Crippen molar-refractivity contribution < 1.29 is 23.1 Å². The van der Waals surface area contributed by atoms with Gasteiger partial charge in [0, 0.05) is 10.2 Å². The van der Waals surface area contributed by atoms with Gasteiger partial charge in [-0.05, 0) is 18.1 Å². The van der Waals surface area contributed by atoms with Gasteiger partial charge in [-0.3, -0.25) is 4.79 Å². The number of carboxylic acids is 1. The van der Waals surface area contributed by atoms with Gasteiger partial charge in [-0.1, -0.05) is 45.9 Å². The second kappa shape index (κ2) is 6.47. The summed E-state index contributed by atoms with van der Waals surface area (Å²) in [4.78, 5) is 11.1. The summed E-state index contributed by atoms with van der Waals surface area (Å²) in [6, 6.07) is 6.65. The van der Waals surface area contributed by atoms with Gasteiger partial charge in [-0.2, -0.15) is 13.2 Å². The topological polar surface area (TPSA) is 37.3 Å². The molecule has 0 saturated heterocycles. The Kier molecular flexibility index (Phi) is 5.52. The lowest BCUT2D eigenvalue weighted by atomic mass is 9.97. The van der Waals surface area contributed by atoms with Crippen molar-refractivity contribution >= 4 is 33.7 Å². The molecule has 0 spiro atoms. The van der Waals surface area contributed by atoms with Gasteiger partial charge < -0.3 is 5.11 Å². The van der Waals surface area contributed by atoms with Crippen LogP contribution in [-0.2, 0) is 4.79 Å². The lowest BCUT2D eigenvalue weighted by Gasteiger charge is -2.14. The minimum Gasteiger partial charge on any atom is -0.481 e. The third-order valence-electron chi connectivity index (χ3n) is 2.25. The van der Waals surface area contributed by atoms with Gasteiger partial charge in [-0.15, -0.1) is 0 Å². The summed E-state index contributed by atoms with van der Waals surface area (Å²) in [5.41, 5.74) is -3.83. The predicted molar refractivity (Wildman–Crippen MR) is 67.6 cm³/mol. The van der Waals surface area contributed by atoms with E-state index < -0.39 is 17.4 Å². The molecule has 2 nitrogen and oxygen atoms in total. The number of aliphatic carboxylic acids is 1. The van der Waals surface area contributed by atoms with E-state index in [-0.39, 0.29) is 23.9 Å². The van der Waals surface area contributed by atoms with Crippen LogP contribution in [0.2, 0.25) is 0 Å². The van der Waals surface area contributed by atoms with Crippen molar-refractivity contribution in [3.63, 3.8) is 0 Å². The average Bonchev–Trinajstić information content (AvgIpc) is 2.24. The smallest absolute Gasteiger partial charge is 0.441 e. The first-order valence-electron chi connectivity index (χ1n) is 4.99. The number of alkyl halides is 3. The number of halogens is 4. The molecule has 1 N–H and O–H groups in total. The van der Waals surface area contributed by atoms with Crippen LogP contribution in [0.4, 0.5) is 13.2 Å². The highest BCUT2D eigenvalue weighted by molar-refractivity contribution is 9.10. The Hall–Kier alpha value is -0.690. The molecular weight excluding hydrogens is 333 g/mol. The second-order valence-electron chi connectivity index (χ2n) is 3.50. The number of carbonyl (C=O) groups is 1. The molecule has 1 atom stereocenters. The summed E-state index contributed by atoms with van der Waals surface area (Å²) in [7, 11) is 0. The van der Waals surface area contributed by atoms with E-state index in [1.54, 1.807) is 24.3 Å². The van der Waals surface area contributed by atoms with E-state index in [2.05, 4.69) is 15.9 Å². The zero-order valence-corrected chi connectivity index (χ0v) is 11.5. The molecule has 0 aliphatic carbocycles. The molecule has 1 aromatic carbocycles. The first-order valence-corrected chi connectivity index (χ1v) is 6.77. The number of hydrogen-bond donors (Lipinski definition) is 1. The van der Waals surface area contributed by atoms with E-state index in [1.165, 1.54) is 0 Å². The molecule has 1 rings (SSSR count). The molecule has 100 valence electrons. The summed E-state index contributed by atoms with van der Waals surface area (Å²) in [5.74, 6) is -2.33. The van der Waals surface area contributed by atoms with Crippen molar-refractivity contribution in [1.29, 1.82) is 0 Å². The quantitative estimate of drug-likeness (QED) is 0.868. The maximum Gasteiger partial charge on any atom is 0.441 e. The summed E-state index contributed by atoms with van der Waals surface area (Å²) < 4.78 is 36.6. The third-order valence-corrected chi connectivity index (χ3v) is 3.74. The molecule has 0 fully saturated rings. The lowest BCUT2D eigenvalue weighted by Crippen LogP contribution is -2.14. The fourth-order valence-electron chi connectivity index (χ4n) is 1.46. The van der Waals surface area contributed by atoms with E-state index in [0.29, 0.717) is 10.0 Å². The second-order valence-corrected chi connectivity index (χ2v) is 5.51. The Morgan fingerprint density at radius 3 is 2.50 bits per heavy atom. The molecule has 0 bridgehead atoms. The van der Waals surface area contributed by atoms with E-state index >= 15 is 0 Å². The van der Waals surface area contributed by atoms with Crippen LogP contribution in [0, 0.1) is 0 Å². The Labute approximate surface area is 115 Å². The minimum absolute atomic E-state index is 0.0673. The van der Waals surface area contributed by atoms with Crippen molar-refractivity contribution in [3.8, 4) is 0 Å². The first kappa shape index (κ1) is 15.4. The van der Waals surface area contributed by atoms with Crippen molar-refractivity contribution in [3.05, 3.63) is 34.3 Å². The molecule has 18 heavy (non-hydrogen) atoms. The molecule has 0 saturated carbocycles. The molecule has 7 heteroatoms. The van der Waals surface area contributed by atoms with Crippen LogP contribution < -0.4 is 0 Å². The largest absolute Gasteiger partial charge is 0.481 e. The number of thioether (sulfide) groups is 1. The molecule has 0 heterocycles. The van der Waals surface area contributed by atoms with Crippen molar-refractivity contribution in [1.82, 2.24) is 0 Å². The van der Waals surface area contributed by atoms with Crippen molar-refractivity contribution in [2.75, 3.05) is 5.75 Å². The summed E-state index contributed by atoms with van der Waals surface area (Å²) in [6.45, 7) is 0. The van der Waals surface area contributed by atoms with Crippen LogP contribution in [0.15, 0.2) is 28.7 Å². The Balaban J connectivity index is 2.73. The number of rotatable bonds is 5. The van der Waals surface area contributed by atoms with Gasteiger partial charge in [0.05, 0.1) is 5.92 Å². The van der Waals surface area contributed by atoms with Gasteiger partial charge in [0.2, 0.25) is 0 Å². The summed E-state index contributed by atoms with van der Waals surface area (Å²) >= 11 is 3.01. The fourth-order valence-corrected chi connectivity index (χ4v) is 2.61. The average molecular weight is 343 g/mol. The predicted octanol–water partition coefficient (Wildman–Crippen LogP) is 4.26. The van der Waals surface area contributed by atoms with Gasteiger partial charge in [-0.25, -0.2) is 0 Å². The van der Waals surface area contributed by atoms with Crippen LogP contribution in [0.5, 0.6) is 0 Å². The van der Waals surface area contributed by atoms with E-state index in [9.17, 15) is 18.0 Å². The van der Waals surface area contributed by atoms with Crippen molar-refractivity contribution in [2.24, 2.45) is 0 Å². The van der Waals surface area contributed by atoms with Crippen LogP contribution in [0.1, 0.15) is 17.9 Å². The summed E-state index contributed by atoms with van der Waals surface area (Å²) in [6.07, 6.45) is -0.0673. The zero-order valence-electron chi connectivity index (χ0n) is 9.08. The normalized spacial score (nSPS) is 13.3. The molecule has 1 unspecified atom stereocenters. The summed E-state index contributed by atoms with van der Waals surface area (Å²) in [5, 5.41) is 9.07. The van der Waals surface area contributed by atoms with Gasteiger partial charge in [0.25, 0.3) is 0 Å². The highest BCUT2D eigenvalue weighted by Gasteiger charge is 2.29. The van der Waals surface area contributed by atoms with Crippen LogP contribution in [0.25, 0.3) is 0 Å². The maximum absolute atomic E-state index is 12.0. The molecule has 0 aliphatic rings. The maximum atomic E-state index is 12.0. The highest BCUT2D eigenvalue weighted by Crippen LogP contribution is 2.34. The van der Waals surface area contributed by atoms with E-state index in [1.807, 2.05) is 0 Å². The number of carboxylic acid groups (broad SMARTS) is 1. The van der Waals surface area contributed by atoms with Gasteiger partial charge in [0.1, 0.15) is 0 Å². The standard InChI is InChI=1S/C11H10BrF3O2S/c12-9-4-2-1-3-7(9)8(10(16)17)5-6-18-11(13,14)15/h1-4,8H,5-6H2,(H,16,17). The van der Waals surface area contributed by atoms with Gasteiger partial charge in [0.15, 0.2) is 0 Å². The molecule has 1 aromatic rings. The fraction of sp³-hybridized carbons (Fsp3) is 0.364. The first-order chi connectivity index (χ1) is 8.31. The van der Waals surface area contributed by atoms with Crippen LogP contribution >= 0.6 is 27.7 Å².